The molecule has 0 radical (unpaired) electrons. The molecule has 3 heterocycles. The van der Waals surface area contributed by atoms with Crippen LogP contribution in [0, 0.1) is 10.8 Å². The zero-order valence-electron chi connectivity index (χ0n) is 23.1. The molecule has 1 N–H and O–H groups in total. The van der Waals surface area contributed by atoms with Crippen LogP contribution < -0.4 is 4.90 Å². The molecule has 6 saturated carbocycles. The molecule has 39 heavy (non-hydrogen) atoms. The minimum Gasteiger partial charge on any atom is -0.339 e. The molecule has 206 valence electrons. The summed E-state index contributed by atoms with van der Waals surface area (Å²) < 4.78 is 19.9. The Hall–Kier alpha value is -3.10. The Morgan fingerprint density at radius 2 is 1.79 bits per heavy atom. The fourth-order valence-electron chi connectivity index (χ4n) is 7.83. The van der Waals surface area contributed by atoms with Crippen LogP contribution in [0.4, 0.5) is 10.2 Å². The number of halogens is 1. The van der Waals surface area contributed by atoms with E-state index in [1.807, 2.05) is 23.2 Å². The van der Waals surface area contributed by atoms with E-state index in [2.05, 4.69) is 41.1 Å². The summed E-state index contributed by atoms with van der Waals surface area (Å²) in [6.07, 6.45) is 13.4. The topological polar surface area (TPSA) is 101 Å². The number of carbonyl (C=O) groups excluding carboxylic acids is 1. The largest absolute Gasteiger partial charge is 0.339 e. The fraction of sp³-hybridized carbons (Fsp3) is 0.633. The first-order chi connectivity index (χ1) is 18.5. The highest BCUT2D eigenvalue weighted by molar-refractivity contribution is 5.94. The van der Waals surface area contributed by atoms with Crippen molar-refractivity contribution in [1.29, 1.82) is 0 Å². The third-order valence-corrected chi connectivity index (χ3v) is 10.2. The molecule has 3 aromatic heterocycles. The van der Waals surface area contributed by atoms with Crippen LogP contribution in [0.5, 0.6) is 0 Å². The van der Waals surface area contributed by atoms with E-state index >= 15 is 0 Å². The number of hydrogen-bond acceptors (Lipinski definition) is 6. The van der Waals surface area contributed by atoms with Gasteiger partial charge in [-0.1, -0.05) is 25.9 Å². The summed E-state index contributed by atoms with van der Waals surface area (Å²) in [7, 11) is 0. The third kappa shape index (κ3) is 4.11. The van der Waals surface area contributed by atoms with E-state index in [0.29, 0.717) is 43.9 Å². The molecule has 3 aromatic rings. The lowest BCUT2D eigenvalue weighted by Crippen LogP contribution is -2.65. The molecule has 0 spiro atoms. The smallest absolute Gasteiger partial charge is 0.232 e. The molecule has 1 amide bonds. The van der Waals surface area contributed by atoms with Crippen LogP contribution in [0.1, 0.15) is 96.7 Å². The summed E-state index contributed by atoms with van der Waals surface area (Å²) in [5, 5.41) is 11.4. The number of nitrogens with zero attached hydrogens (tertiary/aromatic N) is 5. The summed E-state index contributed by atoms with van der Waals surface area (Å²) in [5.74, 6) is 2.29. The van der Waals surface area contributed by atoms with Gasteiger partial charge in [0.15, 0.2) is 5.82 Å². The van der Waals surface area contributed by atoms with Crippen LogP contribution in [0.15, 0.2) is 35.2 Å². The molecule has 0 aliphatic heterocycles. The summed E-state index contributed by atoms with van der Waals surface area (Å²) in [4.78, 5) is 25.3. The van der Waals surface area contributed by atoms with Gasteiger partial charge in [0.1, 0.15) is 11.5 Å². The van der Waals surface area contributed by atoms with E-state index in [1.165, 1.54) is 0 Å². The SMILES string of the molecule is CC(C)(C)c1nc(C23CCC(CN(C(=O)CC45CC(F)(C4)C5)c4cc(-c5cn[nH]c5)ccn4)(CC2)CC3)no1. The van der Waals surface area contributed by atoms with Crippen LogP contribution in [0.25, 0.3) is 11.1 Å². The monoisotopic (exact) mass is 532 g/mol. The van der Waals surface area contributed by atoms with Crippen molar-refractivity contribution in [2.75, 3.05) is 11.4 Å². The maximum Gasteiger partial charge on any atom is 0.232 e. The molecule has 0 aromatic carbocycles. The number of rotatable bonds is 7. The number of alkyl halides is 1. The van der Waals surface area contributed by atoms with Gasteiger partial charge in [-0.05, 0) is 86.3 Å². The van der Waals surface area contributed by atoms with E-state index in [-0.39, 0.29) is 27.6 Å². The van der Waals surface area contributed by atoms with E-state index in [9.17, 15) is 9.18 Å². The number of nitrogens with one attached hydrogen (secondary N) is 1. The fourth-order valence-corrected chi connectivity index (χ4v) is 7.83. The Bertz CT molecular complexity index is 1360. The highest BCUT2D eigenvalue weighted by Gasteiger charge is 2.69. The molecular formula is C30H37FN6O2. The molecule has 9 heteroatoms. The predicted molar refractivity (Wildman–Crippen MR) is 144 cm³/mol. The number of carbonyl (C=O) groups is 1. The second kappa shape index (κ2) is 8.21. The zero-order chi connectivity index (χ0) is 27.1. The van der Waals surface area contributed by atoms with Crippen LogP contribution in [0.2, 0.25) is 0 Å². The van der Waals surface area contributed by atoms with Gasteiger partial charge >= 0.3 is 0 Å². The van der Waals surface area contributed by atoms with Gasteiger partial charge in [-0.3, -0.25) is 14.8 Å². The molecule has 9 rings (SSSR count). The minimum absolute atomic E-state index is 0.0298. The third-order valence-electron chi connectivity index (χ3n) is 10.2. The number of pyridine rings is 1. The molecule has 0 atom stereocenters. The quantitative estimate of drug-likeness (QED) is 0.397. The number of hydrogen-bond donors (Lipinski definition) is 1. The van der Waals surface area contributed by atoms with Gasteiger partial charge in [-0.2, -0.15) is 10.1 Å². The summed E-state index contributed by atoms with van der Waals surface area (Å²) in [5.41, 5.74) is 0.582. The number of amides is 1. The van der Waals surface area contributed by atoms with Gasteiger partial charge in [0.05, 0.1) is 6.20 Å². The van der Waals surface area contributed by atoms with Crippen LogP contribution in [0.3, 0.4) is 0 Å². The second-order valence-electron chi connectivity index (χ2n) is 14.2. The van der Waals surface area contributed by atoms with Crippen molar-refractivity contribution in [3.8, 4) is 11.1 Å². The van der Waals surface area contributed by atoms with Crippen molar-refractivity contribution in [1.82, 2.24) is 25.3 Å². The Kier molecular flexibility index (Phi) is 5.24. The Morgan fingerprint density at radius 3 is 2.38 bits per heavy atom. The van der Waals surface area contributed by atoms with Crippen LogP contribution in [-0.4, -0.2) is 43.4 Å². The highest BCUT2D eigenvalue weighted by atomic mass is 19.1. The van der Waals surface area contributed by atoms with Crippen molar-refractivity contribution in [3.63, 3.8) is 0 Å². The number of anilines is 1. The molecule has 0 unspecified atom stereocenters. The Labute approximate surface area is 228 Å². The maximum atomic E-state index is 14.3. The summed E-state index contributed by atoms with van der Waals surface area (Å²) >= 11 is 0. The number of fused-ring (bicyclic) bond motifs is 3. The van der Waals surface area contributed by atoms with Crippen molar-refractivity contribution < 1.29 is 13.7 Å². The van der Waals surface area contributed by atoms with Gasteiger partial charge < -0.3 is 4.52 Å². The van der Waals surface area contributed by atoms with Crippen LogP contribution in [-0.2, 0) is 15.6 Å². The molecule has 6 aliphatic carbocycles. The Balaban J connectivity index is 1.13. The molecule has 0 saturated heterocycles. The highest BCUT2D eigenvalue weighted by Crippen LogP contribution is 2.71. The maximum absolute atomic E-state index is 14.3. The van der Waals surface area contributed by atoms with Crippen LogP contribution >= 0.6 is 0 Å². The van der Waals surface area contributed by atoms with Gasteiger partial charge in [0, 0.05) is 41.8 Å². The van der Waals surface area contributed by atoms with Crippen molar-refractivity contribution >= 4 is 11.7 Å². The zero-order valence-corrected chi connectivity index (χ0v) is 23.1. The van der Waals surface area contributed by atoms with Crippen molar-refractivity contribution in [2.24, 2.45) is 10.8 Å². The lowest BCUT2D eigenvalue weighted by molar-refractivity contribution is -0.215. The lowest BCUT2D eigenvalue weighted by Gasteiger charge is -2.66. The normalized spacial score (nSPS) is 32.9. The first kappa shape index (κ1) is 24.9. The van der Waals surface area contributed by atoms with E-state index in [1.54, 1.807) is 12.4 Å². The summed E-state index contributed by atoms with van der Waals surface area (Å²) in [6.45, 7) is 6.92. The minimum atomic E-state index is -1.01. The molecular weight excluding hydrogens is 495 g/mol. The standard InChI is InChI=1S/C30H37FN6O2/c1-26(2,3)25-35-24(36-39-25)29-8-5-27(6-9-29,7-10-29)19-37(23(38)13-28-16-30(31,17-28)18-28)22-12-20(4-11-32-22)21-14-33-34-15-21/h4,11-12,14-15H,5-10,13,16-19H2,1-3H3,(H,33,34). The molecule has 8 nitrogen and oxygen atoms in total. The number of H-pyrrole nitrogens is 1. The van der Waals surface area contributed by atoms with Gasteiger partial charge in [0.2, 0.25) is 11.8 Å². The second-order valence-corrected chi connectivity index (χ2v) is 14.2. The van der Waals surface area contributed by atoms with E-state index in [4.69, 9.17) is 9.51 Å². The first-order valence-electron chi connectivity index (χ1n) is 14.3. The average molecular weight is 533 g/mol. The van der Waals surface area contributed by atoms with E-state index in [0.717, 1.165) is 55.5 Å². The first-order valence-corrected chi connectivity index (χ1v) is 14.3. The number of aromatic amines is 1. The van der Waals surface area contributed by atoms with Gasteiger partial charge in [-0.25, -0.2) is 9.37 Å². The Morgan fingerprint density at radius 1 is 1.08 bits per heavy atom. The van der Waals surface area contributed by atoms with E-state index < -0.39 is 5.67 Å². The van der Waals surface area contributed by atoms with Gasteiger partial charge in [0.25, 0.3) is 0 Å². The summed E-state index contributed by atoms with van der Waals surface area (Å²) in [6, 6.07) is 3.93. The lowest BCUT2D eigenvalue weighted by atomic mass is 9.41. The van der Waals surface area contributed by atoms with Crippen molar-refractivity contribution in [2.45, 2.75) is 101 Å². The average Bonchev–Trinajstić information content (AvgIpc) is 3.60. The number of aromatic nitrogens is 5. The molecule has 6 aliphatic rings. The molecule has 4 bridgehead atoms. The molecule has 6 fully saturated rings. The predicted octanol–water partition coefficient (Wildman–Crippen LogP) is 6.06. The van der Waals surface area contributed by atoms with Crippen molar-refractivity contribution in [3.05, 3.63) is 42.4 Å². The van der Waals surface area contributed by atoms with Gasteiger partial charge in [-0.15, -0.1) is 0 Å².